The summed E-state index contributed by atoms with van der Waals surface area (Å²) in [7, 11) is 1.98. The fourth-order valence-electron chi connectivity index (χ4n) is 3.18. The van der Waals surface area contributed by atoms with Crippen LogP contribution in [0.5, 0.6) is 0 Å². The molecule has 3 aromatic rings. The van der Waals surface area contributed by atoms with Crippen molar-refractivity contribution in [2.45, 2.75) is 18.9 Å². The van der Waals surface area contributed by atoms with E-state index >= 15 is 0 Å². The Morgan fingerprint density at radius 1 is 1.17 bits per heavy atom. The molecule has 23 heavy (non-hydrogen) atoms. The highest BCUT2D eigenvalue weighted by Crippen LogP contribution is 2.27. The molecule has 1 fully saturated rings. The van der Waals surface area contributed by atoms with Crippen LogP contribution in [0.4, 0.5) is 5.82 Å². The summed E-state index contributed by atoms with van der Waals surface area (Å²) in [5.41, 5.74) is 1.90. The maximum atomic E-state index is 9.88. The summed E-state index contributed by atoms with van der Waals surface area (Å²) in [6.45, 7) is 1.55. The van der Waals surface area contributed by atoms with Gasteiger partial charge in [0, 0.05) is 49.7 Å². The van der Waals surface area contributed by atoms with Gasteiger partial charge in [0.2, 0.25) is 0 Å². The van der Waals surface area contributed by atoms with E-state index in [0.717, 1.165) is 41.8 Å². The highest BCUT2D eigenvalue weighted by molar-refractivity contribution is 5.91. The van der Waals surface area contributed by atoms with Crippen molar-refractivity contribution in [2.75, 3.05) is 18.0 Å². The molecule has 4 heterocycles. The van der Waals surface area contributed by atoms with Crippen molar-refractivity contribution in [1.29, 1.82) is 0 Å². The Hall–Kier alpha value is -2.47. The zero-order valence-corrected chi connectivity index (χ0v) is 13.1. The van der Waals surface area contributed by atoms with Gasteiger partial charge in [-0.25, -0.2) is 15.0 Å². The van der Waals surface area contributed by atoms with Crippen molar-refractivity contribution in [3.8, 4) is 11.4 Å². The van der Waals surface area contributed by atoms with E-state index in [2.05, 4.69) is 14.9 Å². The Morgan fingerprint density at radius 2 is 2.04 bits per heavy atom. The summed E-state index contributed by atoms with van der Waals surface area (Å²) in [5, 5.41) is 10.9. The molecular formula is C17H19N5O. The second-order valence-corrected chi connectivity index (χ2v) is 6.00. The number of aliphatic hydroxyl groups is 1. The van der Waals surface area contributed by atoms with Gasteiger partial charge >= 0.3 is 0 Å². The first-order chi connectivity index (χ1) is 11.2. The lowest BCUT2D eigenvalue weighted by Crippen LogP contribution is -2.38. The Bertz CT molecular complexity index is 844. The van der Waals surface area contributed by atoms with Crippen LogP contribution in [0.2, 0.25) is 0 Å². The Kier molecular flexibility index (Phi) is 3.46. The number of aryl methyl sites for hydroxylation is 1. The van der Waals surface area contributed by atoms with Crippen molar-refractivity contribution in [3.05, 3.63) is 36.8 Å². The van der Waals surface area contributed by atoms with Crippen LogP contribution in [0.3, 0.4) is 0 Å². The SMILES string of the molecule is Cn1ccc2c(-c3nccc(N4CCCC(O)C4)n3)ccnc21. The number of aliphatic hydroxyl groups excluding tert-OH is 1. The summed E-state index contributed by atoms with van der Waals surface area (Å²) in [4.78, 5) is 15.7. The lowest BCUT2D eigenvalue weighted by atomic mass is 10.1. The first-order valence-electron chi connectivity index (χ1n) is 7.89. The van der Waals surface area contributed by atoms with Gasteiger partial charge in [0.25, 0.3) is 0 Å². The number of hydrogen-bond donors (Lipinski definition) is 1. The average molecular weight is 309 g/mol. The highest BCUT2D eigenvalue weighted by Gasteiger charge is 2.19. The molecule has 6 nitrogen and oxygen atoms in total. The minimum atomic E-state index is -0.274. The van der Waals surface area contributed by atoms with Crippen molar-refractivity contribution in [3.63, 3.8) is 0 Å². The fraction of sp³-hybridized carbons (Fsp3) is 0.353. The average Bonchev–Trinajstić information content (AvgIpc) is 2.96. The van der Waals surface area contributed by atoms with Crippen LogP contribution in [-0.4, -0.2) is 43.8 Å². The maximum absolute atomic E-state index is 9.88. The third-order valence-corrected chi connectivity index (χ3v) is 4.37. The second kappa shape index (κ2) is 5.62. The highest BCUT2D eigenvalue weighted by atomic mass is 16.3. The van der Waals surface area contributed by atoms with Gasteiger partial charge < -0.3 is 14.6 Å². The van der Waals surface area contributed by atoms with E-state index in [1.54, 1.807) is 12.4 Å². The first-order valence-corrected chi connectivity index (χ1v) is 7.89. The predicted molar refractivity (Wildman–Crippen MR) is 89.2 cm³/mol. The molecule has 3 aromatic heterocycles. The number of pyridine rings is 1. The topological polar surface area (TPSA) is 67.1 Å². The number of rotatable bonds is 2. The van der Waals surface area contributed by atoms with Gasteiger partial charge in [-0.15, -0.1) is 0 Å². The predicted octanol–water partition coefficient (Wildman–Crippen LogP) is 1.99. The van der Waals surface area contributed by atoms with Crippen LogP contribution in [0.25, 0.3) is 22.4 Å². The molecule has 0 radical (unpaired) electrons. The van der Waals surface area contributed by atoms with Crippen LogP contribution in [-0.2, 0) is 7.05 Å². The maximum Gasteiger partial charge on any atom is 0.162 e. The smallest absolute Gasteiger partial charge is 0.162 e. The molecule has 0 bridgehead atoms. The van der Waals surface area contributed by atoms with Gasteiger partial charge in [0.15, 0.2) is 5.82 Å². The molecule has 0 amide bonds. The Morgan fingerprint density at radius 3 is 2.91 bits per heavy atom. The van der Waals surface area contributed by atoms with Gasteiger partial charge in [-0.1, -0.05) is 0 Å². The van der Waals surface area contributed by atoms with E-state index in [4.69, 9.17) is 4.98 Å². The van der Waals surface area contributed by atoms with Crippen LogP contribution in [0.15, 0.2) is 36.8 Å². The summed E-state index contributed by atoms with van der Waals surface area (Å²) in [6.07, 6.45) is 7.14. The molecule has 0 spiro atoms. The molecule has 6 heteroatoms. The molecule has 1 aliphatic heterocycles. The standard InChI is InChI=1S/C17H19N5O/c1-21-10-6-14-13(4-7-19-17(14)21)16-18-8-5-15(20-16)22-9-2-3-12(23)11-22/h4-8,10,12,23H,2-3,9,11H2,1H3. The van der Waals surface area contributed by atoms with E-state index in [0.29, 0.717) is 12.4 Å². The quantitative estimate of drug-likeness (QED) is 0.784. The van der Waals surface area contributed by atoms with E-state index in [1.807, 2.05) is 36.0 Å². The fourth-order valence-corrected chi connectivity index (χ4v) is 3.18. The van der Waals surface area contributed by atoms with Crippen molar-refractivity contribution < 1.29 is 5.11 Å². The molecular weight excluding hydrogens is 290 g/mol. The largest absolute Gasteiger partial charge is 0.391 e. The van der Waals surface area contributed by atoms with Gasteiger partial charge in [-0.2, -0.15) is 0 Å². The number of fused-ring (bicyclic) bond motifs is 1. The molecule has 1 N–H and O–H groups in total. The summed E-state index contributed by atoms with van der Waals surface area (Å²) in [5.74, 6) is 1.57. The minimum Gasteiger partial charge on any atom is -0.391 e. The van der Waals surface area contributed by atoms with E-state index in [1.165, 1.54) is 0 Å². The lowest BCUT2D eigenvalue weighted by Gasteiger charge is -2.31. The van der Waals surface area contributed by atoms with Crippen LogP contribution in [0, 0.1) is 0 Å². The zero-order valence-electron chi connectivity index (χ0n) is 13.1. The Balaban J connectivity index is 1.75. The van der Waals surface area contributed by atoms with Crippen LogP contribution < -0.4 is 4.90 Å². The second-order valence-electron chi connectivity index (χ2n) is 6.00. The van der Waals surface area contributed by atoms with Crippen molar-refractivity contribution >= 4 is 16.9 Å². The molecule has 4 rings (SSSR count). The zero-order chi connectivity index (χ0) is 15.8. The van der Waals surface area contributed by atoms with E-state index in [-0.39, 0.29) is 6.10 Å². The third-order valence-electron chi connectivity index (χ3n) is 4.37. The summed E-state index contributed by atoms with van der Waals surface area (Å²) >= 11 is 0. The summed E-state index contributed by atoms with van der Waals surface area (Å²) in [6, 6.07) is 5.90. The number of nitrogens with zero attached hydrogens (tertiary/aromatic N) is 5. The third kappa shape index (κ3) is 2.55. The molecule has 1 unspecified atom stereocenters. The molecule has 118 valence electrons. The number of aromatic nitrogens is 4. The molecule has 0 aliphatic carbocycles. The molecule has 1 aliphatic rings. The number of anilines is 1. The number of piperidine rings is 1. The molecule has 1 saturated heterocycles. The number of β-amino-alcohol motifs (C(OH)–C–C–N with tert-alkyl or cyclic N) is 1. The normalized spacial score (nSPS) is 18.5. The first kappa shape index (κ1) is 14.1. The van der Waals surface area contributed by atoms with Gasteiger partial charge in [-0.05, 0) is 31.0 Å². The van der Waals surface area contributed by atoms with E-state index in [9.17, 15) is 5.11 Å². The number of hydrogen-bond acceptors (Lipinski definition) is 5. The monoisotopic (exact) mass is 309 g/mol. The van der Waals surface area contributed by atoms with Gasteiger partial charge in [-0.3, -0.25) is 0 Å². The van der Waals surface area contributed by atoms with E-state index < -0.39 is 0 Å². The molecule has 1 atom stereocenters. The summed E-state index contributed by atoms with van der Waals surface area (Å²) < 4.78 is 1.99. The lowest BCUT2D eigenvalue weighted by molar-refractivity contribution is 0.154. The van der Waals surface area contributed by atoms with Gasteiger partial charge in [0.1, 0.15) is 11.5 Å². The van der Waals surface area contributed by atoms with Crippen molar-refractivity contribution in [1.82, 2.24) is 19.5 Å². The van der Waals surface area contributed by atoms with Gasteiger partial charge in [0.05, 0.1) is 6.10 Å². The van der Waals surface area contributed by atoms with Crippen molar-refractivity contribution in [2.24, 2.45) is 7.05 Å². The van der Waals surface area contributed by atoms with Crippen LogP contribution >= 0.6 is 0 Å². The molecule has 0 saturated carbocycles. The Labute approximate surface area is 134 Å². The van der Waals surface area contributed by atoms with Crippen LogP contribution in [0.1, 0.15) is 12.8 Å². The minimum absolute atomic E-state index is 0.274. The molecule has 0 aromatic carbocycles.